The molecule has 0 radical (unpaired) electrons. The number of nitrogens with zero attached hydrogens (tertiary/aromatic N) is 2. The van der Waals surface area contributed by atoms with Gasteiger partial charge in [-0.15, -0.1) is 0 Å². The van der Waals surface area contributed by atoms with Gasteiger partial charge in [0.05, 0.1) is 11.8 Å². The first kappa shape index (κ1) is 15.4. The minimum Gasteiger partial charge on any atom is -0.426 e. The number of oxazole rings is 1. The third-order valence-electron chi connectivity index (χ3n) is 2.94. The first-order chi connectivity index (χ1) is 10.9. The molecule has 0 saturated heterocycles. The fourth-order valence-corrected chi connectivity index (χ4v) is 2.07. The first-order valence-corrected chi connectivity index (χ1v) is 6.83. The van der Waals surface area contributed by atoms with Crippen LogP contribution < -0.4 is 5.32 Å². The van der Waals surface area contributed by atoms with E-state index < -0.39 is 11.7 Å². The number of nitrogens with one attached hydrogen (secondary N) is 1. The molecule has 0 aliphatic rings. The van der Waals surface area contributed by atoms with E-state index in [2.05, 4.69) is 15.3 Å². The van der Waals surface area contributed by atoms with Crippen molar-refractivity contribution in [3.05, 3.63) is 59.6 Å². The predicted octanol–water partition coefficient (Wildman–Crippen LogP) is 5.15. The van der Waals surface area contributed by atoms with E-state index in [1.807, 2.05) is 0 Å². The Hall–Kier alpha value is -2.54. The van der Waals surface area contributed by atoms with Gasteiger partial charge in [0.2, 0.25) is 0 Å². The molecule has 0 aliphatic heterocycles. The number of benzene rings is 1. The van der Waals surface area contributed by atoms with Crippen molar-refractivity contribution in [3.63, 3.8) is 0 Å². The second-order valence-corrected chi connectivity index (χ2v) is 4.91. The molecule has 8 heteroatoms. The molecule has 4 nitrogen and oxygen atoms in total. The van der Waals surface area contributed by atoms with E-state index in [1.54, 1.807) is 18.2 Å². The molecule has 2 aromatic heterocycles. The molecule has 0 unspecified atom stereocenters. The van der Waals surface area contributed by atoms with Crippen molar-refractivity contribution in [1.82, 2.24) is 9.97 Å². The van der Waals surface area contributed by atoms with Crippen LogP contribution in [0.25, 0.3) is 11.5 Å². The summed E-state index contributed by atoms with van der Waals surface area (Å²) in [6.45, 7) is 0. The molecule has 0 fully saturated rings. The third kappa shape index (κ3) is 3.62. The number of anilines is 2. The van der Waals surface area contributed by atoms with Gasteiger partial charge in [-0.25, -0.2) is 9.97 Å². The molecule has 23 heavy (non-hydrogen) atoms. The zero-order valence-electron chi connectivity index (χ0n) is 11.4. The topological polar surface area (TPSA) is 51.0 Å². The number of pyridine rings is 1. The van der Waals surface area contributed by atoms with E-state index in [1.165, 1.54) is 18.3 Å². The standard InChI is InChI=1S/C15H9ClF3N3O/c16-14-20-8-12(23-14)11-5-2-6-13(22-11)21-10-4-1-3-9(7-10)15(17,18)19/h1-8H,(H,21,22). The number of hydrogen-bond donors (Lipinski definition) is 1. The quantitative estimate of drug-likeness (QED) is 0.716. The van der Waals surface area contributed by atoms with E-state index in [0.717, 1.165) is 12.1 Å². The summed E-state index contributed by atoms with van der Waals surface area (Å²) in [5.74, 6) is 0.733. The monoisotopic (exact) mass is 339 g/mol. The van der Waals surface area contributed by atoms with Crippen LogP contribution in [0.2, 0.25) is 5.35 Å². The maximum atomic E-state index is 12.7. The highest BCUT2D eigenvalue weighted by Crippen LogP contribution is 2.31. The van der Waals surface area contributed by atoms with Gasteiger partial charge >= 0.3 is 6.18 Å². The minimum absolute atomic E-state index is 0.0157. The van der Waals surface area contributed by atoms with E-state index >= 15 is 0 Å². The van der Waals surface area contributed by atoms with Gasteiger partial charge in [0, 0.05) is 5.69 Å². The molecule has 118 valence electrons. The Morgan fingerprint density at radius 2 is 1.87 bits per heavy atom. The second-order valence-electron chi connectivity index (χ2n) is 4.59. The molecule has 0 aliphatic carbocycles. The van der Waals surface area contributed by atoms with Crippen LogP contribution in [-0.4, -0.2) is 9.97 Å². The smallest absolute Gasteiger partial charge is 0.416 e. The molecular weight excluding hydrogens is 331 g/mol. The number of alkyl halides is 3. The predicted molar refractivity (Wildman–Crippen MR) is 79.5 cm³/mol. The van der Waals surface area contributed by atoms with Crippen molar-refractivity contribution in [2.24, 2.45) is 0 Å². The summed E-state index contributed by atoms with van der Waals surface area (Å²) in [6.07, 6.45) is -2.98. The Morgan fingerprint density at radius 3 is 2.57 bits per heavy atom. The highest BCUT2D eigenvalue weighted by atomic mass is 35.5. The highest BCUT2D eigenvalue weighted by molar-refractivity contribution is 6.27. The maximum absolute atomic E-state index is 12.7. The fourth-order valence-electron chi connectivity index (χ4n) is 1.93. The average Bonchev–Trinajstić information content (AvgIpc) is 2.94. The number of aromatic nitrogens is 2. The SMILES string of the molecule is FC(F)(F)c1cccc(Nc2cccc(-c3cnc(Cl)o3)n2)c1. The molecule has 0 spiro atoms. The summed E-state index contributed by atoms with van der Waals surface area (Å²) in [7, 11) is 0. The minimum atomic E-state index is -4.40. The Morgan fingerprint density at radius 1 is 1.09 bits per heavy atom. The molecular formula is C15H9ClF3N3O. The van der Waals surface area contributed by atoms with Crippen LogP contribution in [0.5, 0.6) is 0 Å². The van der Waals surface area contributed by atoms with Crippen molar-refractivity contribution in [2.75, 3.05) is 5.32 Å². The van der Waals surface area contributed by atoms with E-state index in [0.29, 0.717) is 17.3 Å². The fraction of sp³-hybridized carbons (Fsp3) is 0.0667. The summed E-state index contributed by atoms with van der Waals surface area (Å²) >= 11 is 5.61. The lowest BCUT2D eigenvalue weighted by Crippen LogP contribution is -2.05. The van der Waals surface area contributed by atoms with Crippen LogP contribution in [0.1, 0.15) is 5.56 Å². The van der Waals surface area contributed by atoms with Gasteiger partial charge < -0.3 is 9.73 Å². The summed E-state index contributed by atoms with van der Waals surface area (Å²) in [5.41, 5.74) is 0.00197. The van der Waals surface area contributed by atoms with Gasteiger partial charge in [-0.1, -0.05) is 12.1 Å². The van der Waals surface area contributed by atoms with Crippen LogP contribution >= 0.6 is 11.6 Å². The van der Waals surface area contributed by atoms with Crippen molar-refractivity contribution in [1.29, 1.82) is 0 Å². The van der Waals surface area contributed by atoms with Crippen molar-refractivity contribution >= 4 is 23.1 Å². The van der Waals surface area contributed by atoms with Gasteiger partial charge in [0.15, 0.2) is 5.76 Å². The lowest BCUT2D eigenvalue weighted by molar-refractivity contribution is -0.137. The van der Waals surface area contributed by atoms with Gasteiger partial charge in [0.1, 0.15) is 11.5 Å². The largest absolute Gasteiger partial charge is 0.426 e. The molecule has 2 heterocycles. The Labute approximate surface area is 133 Å². The van der Waals surface area contributed by atoms with Crippen molar-refractivity contribution in [2.45, 2.75) is 6.18 Å². The Bertz CT molecular complexity index is 833. The normalized spacial score (nSPS) is 11.5. The number of halogens is 4. The Balaban J connectivity index is 1.86. The Kier molecular flexibility index (Phi) is 3.96. The summed E-state index contributed by atoms with van der Waals surface area (Å²) in [6, 6.07) is 9.86. The van der Waals surface area contributed by atoms with Crippen molar-refractivity contribution in [3.8, 4) is 11.5 Å². The molecule has 0 bridgehead atoms. The average molecular weight is 340 g/mol. The van der Waals surface area contributed by atoms with E-state index in [9.17, 15) is 13.2 Å². The molecule has 0 amide bonds. The summed E-state index contributed by atoms with van der Waals surface area (Å²) in [5, 5.41) is 2.81. The molecule has 3 rings (SSSR count). The lowest BCUT2D eigenvalue weighted by Gasteiger charge is -2.10. The van der Waals surface area contributed by atoms with Gasteiger partial charge in [-0.2, -0.15) is 13.2 Å². The maximum Gasteiger partial charge on any atom is 0.416 e. The van der Waals surface area contributed by atoms with E-state index in [-0.39, 0.29) is 11.0 Å². The number of rotatable bonds is 3. The van der Waals surface area contributed by atoms with Crippen LogP contribution in [0, 0.1) is 0 Å². The molecule has 0 saturated carbocycles. The summed E-state index contributed by atoms with van der Waals surface area (Å²) in [4.78, 5) is 8.02. The zero-order valence-corrected chi connectivity index (χ0v) is 12.2. The summed E-state index contributed by atoms with van der Waals surface area (Å²) < 4.78 is 43.3. The molecule has 1 N–H and O–H groups in total. The highest BCUT2D eigenvalue weighted by Gasteiger charge is 2.30. The lowest BCUT2D eigenvalue weighted by atomic mass is 10.2. The molecule has 0 atom stereocenters. The van der Waals surface area contributed by atoms with Crippen LogP contribution in [-0.2, 0) is 6.18 Å². The molecule has 1 aromatic carbocycles. The molecule has 3 aromatic rings. The van der Waals surface area contributed by atoms with E-state index in [4.69, 9.17) is 16.0 Å². The first-order valence-electron chi connectivity index (χ1n) is 6.45. The zero-order chi connectivity index (χ0) is 16.4. The van der Waals surface area contributed by atoms with Crippen LogP contribution in [0.4, 0.5) is 24.7 Å². The number of hydrogen-bond acceptors (Lipinski definition) is 4. The van der Waals surface area contributed by atoms with Gasteiger partial charge in [0.25, 0.3) is 5.35 Å². The second kappa shape index (κ2) is 5.92. The van der Waals surface area contributed by atoms with Crippen LogP contribution in [0.15, 0.2) is 53.1 Å². The van der Waals surface area contributed by atoms with Crippen molar-refractivity contribution < 1.29 is 17.6 Å². The van der Waals surface area contributed by atoms with Gasteiger partial charge in [-0.3, -0.25) is 0 Å². The third-order valence-corrected chi connectivity index (χ3v) is 3.12. The van der Waals surface area contributed by atoms with Gasteiger partial charge in [-0.05, 0) is 41.9 Å². The van der Waals surface area contributed by atoms with Crippen LogP contribution in [0.3, 0.4) is 0 Å².